The van der Waals surface area contributed by atoms with Crippen molar-refractivity contribution in [2.24, 2.45) is 11.7 Å². The van der Waals surface area contributed by atoms with Gasteiger partial charge in [-0.1, -0.05) is 5.21 Å². The van der Waals surface area contributed by atoms with E-state index in [0.29, 0.717) is 11.6 Å². The molecule has 0 spiro atoms. The van der Waals surface area contributed by atoms with Crippen molar-refractivity contribution in [1.82, 2.24) is 15.0 Å². The van der Waals surface area contributed by atoms with Crippen molar-refractivity contribution in [3.63, 3.8) is 0 Å². The van der Waals surface area contributed by atoms with E-state index in [-0.39, 0.29) is 0 Å². The highest BCUT2D eigenvalue weighted by molar-refractivity contribution is 5.74. The second-order valence-corrected chi connectivity index (χ2v) is 3.62. The van der Waals surface area contributed by atoms with Gasteiger partial charge in [0.15, 0.2) is 0 Å². The summed E-state index contributed by atoms with van der Waals surface area (Å²) in [5, 5.41) is 16.2. The van der Waals surface area contributed by atoms with Gasteiger partial charge >= 0.3 is 5.97 Å². The molecule has 0 radical (unpaired) electrons. The molecule has 2 rings (SSSR count). The predicted octanol–water partition coefficient (Wildman–Crippen LogP) is -0.228. The van der Waals surface area contributed by atoms with Gasteiger partial charge in [-0.2, -0.15) is 0 Å². The Morgan fingerprint density at radius 3 is 3.07 bits per heavy atom. The third kappa shape index (κ3) is 1.90. The minimum absolute atomic E-state index is 0.318. The summed E-state index contributed by atoms with van der Waals surface area (Å²) < 4.78 is 1.66. The Labute approximate surface area is 80.7 Å². The van der Waals surface area contributed by atoms with Gasteiger partial charge in [-0.3, -0.25) is 9.48 Å². The summed E-state index contributed by atoms with van der Waals surface area (Å²) in [6.07, 6.45) is 4.05. The Balaban J connectivity index is 2.04. The average Bonchev–Trinajstić information content (AvgIpc) is 2.81. The van der Waals surface area contributed by atoms with E-state index in [1.807, 2.05) is 0 Å². The molecule has 0 amide bonds. The van der Waals surface area contributed by atoms with Crippen LogP contribution in [-0.2, 0) is 11.3 Å². The van der Waals surface area contributed by atoms with E-state index >= 15 is 0 Å². The van der Waals surface area contributed by atoms with Crippen molar-refractivity contribution in [2.45, 2.75) is 25.4 Å². The zero-order valence-electron chi connectivity index (χ0n) is 7.63. The molecule has 1 aromatic rings. The van der Waals surface area contributed by atoms with Crippen LogP contribution >= 0.6 is 0 Å². The van der Waals surface area contributed by atoms with Crippen molar-refractivity contribution in [2.75, 3.05) is 0 Å². The molecule has 1 atom stereocenters. The van der Waals surface area contributed by atoms with Gasteiger partial charge in [-0.25, -0.2) is 0 Å². The number of rotatable bonds is 4. The third-order valence-corrected chi connectivity index (χ3v) is 2.28. The Morgan fingerprint density at radius 2 is 2.50 bits per heavy atom. The van der Waals surface area contributed by atoms with Crippen LogP contribution in [0.3, 0.4) is 0 Å². The van der Waals surface area contributed by atoms with Crippen molar-refractivity contribution in [1.29, 1.82) is 0 Å². The summed E-state index contributed by atoms with van der Waals surface area (Å²) in [7, 11) is 0. The molecule has 0 bridgehead atoms. The van der Waals surface area contributed by atoms with E-state index in [4.69, 9.17) is 10.8 Å². The summed E-state index contributed by atoms with van der Waals surface area (Å²) in [5.74, 6) is -0.394. The molecule has 0 aliphatic heterocycles. The molecule has 14 heavy (non-hydrogen) atoms. The fraction of sp³-hybridized carbons (Fsp3) is 0.625. The van der Waals surface area contributed by atoms with E-state index in [9.17, 15) is 4.79 Å². The van der Waals surface area contributed by atoms with Crippen molar-refractivity contribution >= 4 is 5.97 Å². The number of carboxylic acid groups (broad SMARTS) is 1. The summed E-state index contributed by atoms with van der Waals surface area (Å²) in [4.78, 5) is 10.5. The molecular weight excluding hydrogens is 184 g/mol. The van der Waals surface area contributed by atoms with Gasteiger partial charge in [-0.05, 0) is 18.8 Å². The summed E-state index contributed by atoms with van der Waals surface area (Å²) in [6.45, 7) is 0.819. The molecule has 1 aliphatic carbocycles. The lowest BCUT2D eigenvalue weighted by molar-refractivity contribution is -0.138. The molecule has 3 N–H and O–H groups in total. The van der Waals surface area contributed by atoms with Crippen molar-refractivity contribution in [3.05, 3.63) is 11.9 Å². The molecule has 1 fully saturated rings. The molecule has 6 nitrogen and oxygen atoms in total. The first-order chi connectivity index (χ1) is 6.66. The molecule has 1 heterocycles. The summed E-state index contributed by atoms with van der Waals surface area (Å²) in [6, 6.07) is -1.07. The van der Waals surface area contributed by atoms with Gasteiger partial charge in [0.25, 0.3) is 0 Å². The largest absolute Gasteiger partial charge is 0.480 e. The van der Waals surface area contributed by atoms with Crippen LogP contribution in [0.15, 0.2) is 6.20 Å². The molecule has 0 aromatic carbocycles. The number of nitrogens with zero attached hydrogens (tertiary/aromatic N) is 3. The van der Waals surface area contributed by atoms with Gasteiger partial charge < -0.3 is 10.8 Å². The molecule has 0 saturated heterocycles. The maximum Gasteiger partial charge on any atom is 0.326 e. The van der Waals surface area contributed by atoms with Gasteiger partial charge in [-0.15, -0.1) is 5.10 Å². The second-order valence-electron chi connectivity index (χ2n) is 3.62. The second kappa shape index (κ2) is 3.38. The van der Waals surface area contributed by atoms with E-state index < -0.39 is 12.0 Å². The summed E-state index contributed by atoms with van der Waals surface area (Å²) in [5.41, 5.74) is 5.70. The lowest BCUT2D eigenvalue weighted by Crippen LogP contribution is -2.20. The van der Waals surface area contributed by atoms with E-state index in [1.54, 1.807) is 10.9 Å². The van der Waals surface area contributed by atoms with E-state index in [1.165, 1.54) is 12.8 Å². The molecule has 6 heteroatoms. The van der Waals surface area contributed by atoms with Crippen LogP contribution in [0.1, 0.15) is 24.6 Å². The van der Waals surface area contributed by atoms with Gasteiger partial charge in [0.2, 0.25) is 0 Å². The van der Waals surface area contributed by atoms with E-state index in [0.717, 1.165) is 6.54 Å². The van der Waals surface area contributed by atoms with Crippen LogP contribution < -0.4 is 5.73 Å². The summed E-state index contributed by atoms with van der Waals surface area (Å²) >= 11 is 0. The number of carbonyl (C=O) groups is 1. The molecule has 1 unspecified atom stereocenters. The number of nitrogens with two attached hydrogens (primary N) is 1. The highest BCUT2D eigenvalue weighted by Gasteiger charge is 2.23. The standard InChI is InChI=1S/C8H12N4O2/c9-7(8(13)14)6-4-12(11-10-6)3-5-1-2-5/h4-5,7H,1-3,9H2,(H,13,14). The SMILES string of the molecule is NC(C(=O)O)c1cn(CC2CC2)nn1. The van der Waals surface area contributed by atoms with Gasteiger partial charge in [0, 0.05) is 6.54 Å². The zero-order chi connectivity index (χ0) is 10.1. The minimum Gasteiger partial charge on any atom is -0.480 e. The first kappa shape index (κ1) is 9.14. The van der Waals surface area contributed by atoms with E-state index in [2.05, 4.69) is 10.3 Å². The highest BCUT2D eigenvalue weighted by Crippen LogP contribution is 2.30. The monoisotopic (exact) mass is 196 g/mol. The molecule has 1 aliphatic rings. The minimum atomic E-state index is -1.08. The molecule has 1 aromatic heterocycles. The zero-order valence-corrected chi connectivity index (χ0v) is 7.63. The number of aliphatic carboxylic acids is 1. The highest BCUT2D eigenvalue weighted by atomic mass is 16.4. The third-order valence-electron chi connectivity index (χ3n) is 2.28. The molecule has 76 valence electrons. The molecule has 1 saturated carbocycles. The van der Waals surface area contributed by atoms with Crippen LogP contribution in [0, 0.1) is 5.92 Å². The normalized spacial score (nSPS) is 18.1. The maximum atomic E-state index is 10.5. The fourth-order valence-electron chi connectivity index (χ4n) is 1.24. The Bertz CT molecular complexity index is 345. The number of aromatic nitrogens is 3. The Hall–Kier alpha value is -1.43. The number of hydrogen-bond donors (Lipinski definition) is 2. The topological polar surface area (TPSA) is 94.0 Å². The first-order valence-electron chi connectivity index (χ1n) is 4.55. The van der Waals surface area contributed by atoms with Crippen molar-refractivity contribution < 1.29 is 9.90 Å². The average molecular weight is 196 g/mol. The van der Waals surface area contributed by atoms with Gasteiger partial charge in [0.1, 0.15) is 11.7 Å². The predicted molar refractivity (Wildman–Crippen MR) is 47.3 cm³/mol. The Kier molecular flexibility index (Phi) is 2.20. The van der Waals surface area contributed by atoms with Crippen LogP contribution in [0.5, 0.6) is 0 Å². The van der Waals surface area contributed by atoms with Crippen LogP contribution in [-0.4, -0.2) is 26.1 Å². The quantitative estimate of drug-likeness (QED) is 0.693. The number of hydrogen-bond acceptors (Lipinski definition) is 4. The molecular formula is C8H12N4O2. The lowest BCUT2D eigenvalue weighted by atomic mass is 10.2. The Morgan fingerprint density at radius 1 is 1.79 bits per heavy atom. The van der Waals surface area contributed by atoms with Crippen LogP contribution in [0.25, 0.3) is 0 Å². The van der Waals surface area contributed by atoms with Crippen LogP contribution in [0.4, 0.5) is 0 Å². The fourth-order valence-corrected chi connectivity index (χ4v) is 1.24. The lowest BCUT2D eigenvalue weighted by Gasteiger charge is -1.99. The number of carboxylic acids is 1. The smallest absolute Gasteiger partial charge is 0.326 e. The van der Waals surface area contributed by atoms with Gasteiger partial charge in [0.05, 0.1) is 6.20 Å². The van der Waals surface area contributed by atoms with Crippen LogP contribution in [0.2, 0.25) is 0 Å². The first-order valence-corrected chi connectivity index (χ1v) is 4.55. The maximum absolute atomic E-state index is 10.5. The van der Waals surface area contributed by atoms with Crippen molar-refractivity contribution in [3.8, 4) is 0 Å².